The highest BCUT2D eigenvalue weighted by molar-refractivity contribution is 5.81. The molecule has 0 spiro atoms. The van der Waals surface area contributed by atoms with Gasteiger partial charge in [0, 0.05) is 0 Å². The summed E-state index contributed by atoms with van der Waals surface area (Å²) in [5.41, 5.74) is 3.80. The van der Waals surface area contributed by atoms with E-state index in [-0.39, 0.29) is 0 Å². The van der Waals surface area contributed by atoms with E-state index in [1.54, 1.807) is 6.08 Å². The van der Waals surface area contributed by atoms with Crippen molar-refractivity contribution in [1.82, 2.24) is 9.97 Å². The smallest absolute Gasteiger partial charge is 0.0839 e. The van der Waals surface area contributed by atoms with Crippen molar-refractivity contribution in [3.05, 3.63) is 77.9 Å². The Hall–Kier alpha value is -2.48. The quantitative estimate of drug-likeness (QED) is 0.632. The van der Waals surface area contributed by atoms with Crippen molar-refractivity contribution in [3.8, 4) is 0 Å². The number of nitrogens with zero attached hydrogens (tertiary/aromatic N) is 2. The number of aromatic nitrogens is 2. The lowest BCUT2D eigenvalue weighted by atomic mass is 10.1. The molecule has 0 unspecified atom stereocenters. The van der Waals surface area contributed by atoms with Crippen molar-refractivity contribution in [1.29, 1.82) is 0 Å². The standard InChI is InChI=1S/C10H8.C9H12N2/c1-2-6-10-8-4-3-7-9(10)5-1;1-5-9-8(4)10-6(2)7(3)11-9/h1-8H;5H,1H2,2-4H3. The van der Waals surface area contributed by atoms with E-state index < -0.39 is 0 Å². The molecule has 21 heavy (non-hydrogen) atoms. The predicted octanol–water partition coefficient (Wildman–Crippen LogP) is 4.88. The number of hydrogen-bond acceptors (Lipinski definition) is 2. The number of benzene rings is 2. The third-order valence-corrected chi connectivity index (χ3v) is 3.37. The zero-order chi connectivity index (χ0) is 15.2. The molecule has 1 heterocycles. The highest BCUT2D eigenvalue weighted by Gasteiger charge is 2.00. The lowest BCUT2D eigenvalue weighted by Crippen LogP contribution is -1.97. The summed E-state index contributed by atoms with van der Waals surface area (Å²) in [5.74, 6) is 0. The molecule has 0 aliphatic heterocycles. The molecule has 0 saturated heterocycles. The molecule has 0 bridgehead atoms. The number of fused-ring (bicyclic) bond motifs is 1. The SMILES string of the molecule is C=Cc1nc(C)c(C)nc1C.c1ccc2ccccc2c1. The minimum atomic E-state index is 0.883. The van der Waals surface area contributed by atoms with Crippen LogP contribution in [0.4, 0.5) is 0 Å². The van der Waals surface area contributed by atoms with E-state index in [9.17, 15) is 0 Å². The monoisotopic (exact) mass is 276 g/mol. The van der Waals surface area contributed by atoms with Gasteiger partial charge in [-0.1, -0.05) is 55.1 Å². The van der Waals surface area contributed by atoms with E-state index in [0.717, 1.165) is 22.8 Å². The van der Waals surface area contributed by atoms with Gasteiger partial charge in [0.2, 0.25) is 0 Å². The van der Waals surface area contributed by atoms with Crippen molar-refractivity contribution in [3.63, 3.8) is 0 Å². The molecule has 3 rings (SSSR count). The van der Waals surface area contributed by atoms with Crippen LogP contribution >= 0.6 is 0 Å². The van der Waals surface area contributed by atoms with Crippen molar-refractivity contribution in [2.75, 3.05) is 0 Å². The molecular formula is C19H20N2. The molecule has 0 radical (unpaired) electrons. The van der Waals surface area contributed by atoms with E-state index in [1.807, 2.05) is 20.8 Å². The first kappa shape index (κ1) is 14.9. The molecule has 0 fully saturated rings. The second-order valence-electron chi connectivity index (χ2n) is 4.92. The van der Waals surface area contributed by atoms with Crippen molar-refractivity contribution < 1.29 is 0 Å². The molecular weight excluding hydrogens is 256 g/mol. The van der Waals surface area contributed by atoms with Gasteiger partial charge < -0.3 is 0 Å². The van der Waals surface area contributed by atoms with Crippen LogP contribution in [0.3, 0.4) is 0 Å². The Morgan fingerprint density at radius 1 is 0.714 bits per heavy atom. The Balaban J connectivity index is 0.000000154. The zero-order valence-electron chi connectivity index (χ0n) is 12.8. The fourth-order valence-electron chi connectivity index (χ4n) is 2.06. The van der Waals surface area contributed by atoms with Gasteiger partial charge in [-0.15, -0.1) is 0 Å². The number of hydrogen-bond donors (Lipinski definition) is 0. The lowest BCUT2D eigenvalue weighted by molar-refractivity contribution is 0.991. The van der Waals surface area contributed by atoms with E-state index >= 15 is 0 Å². The van der Waals surface area contributed by atoms with Crippen molar-refractivity contribution in [2.45, 2.75) is 20.8 Å². The number of aryl methyl sites for hydroxylation is 3. The van der Waals surface area contributed by atoms with Crippen molar-refractivity contribution >= 4 is 16.8 Å². The zero-order valence-corrected chi connectivity index (χ0v) is 12.8. The van der Waals surface area contributed by atoms with Crippen molar-refractivity contribution in [2.24, 2.45) is 0 Å². The van der Waals surface area contributed by atoms with E-state index in [0.29, 0.717) is 0 Å². The van der Waals surface area contributed by atoms with E-state index in [2.05, 4.69) is 65.1 Å². The summed E-state index contributed by atoms with van der Waals surface area (Å²) >= 11 is 0. The molecule has 2 aromatic carbocycles. The average Bonchev–Trinajstić information content (AvgIpc) is 2.52. The van der Waals surface area contributed by atoms with Crippen LogP contribution in [0.1, 0.15) is 22.8 Å². The van der Waals surface area contributed by atoms with Gasteiger partial charge in [0.15, 0.2) is 0 Å². The molecule has 0 aliphatic carbocycles. The summed E-state index contributed by atoms with van der Waals surface area (Å²) in [7, 11) is 0. The molecule has 2 nitrogen and oxygen atoms in total. The van der Waals surface area contributed by atoms with Gasteiger partial charge in [0.05, 0.1) is 22.8 Å². The van der Waals surface area contributed by atoms with Gasteiger partial charge in [-0.3, -0.25) is 4.98 Å². The largest absolute Gasteiger partial charge is 0.254 e. The minimum Gasteiger partial charge on any atom is -0.254 e. The highest BCUT2D eigenvalue weighted by atomic mass is 14.8. The summed E-state index contributed by atoms with van der Waals surface area (Å²) in [6.07, 6.45) is 1.73. The fourth-order valence-corrected chi connectivity index (χ4v) is 2.06. The van der Waals surface area contributed by atoms with E-state index in [1.165, 1.54) is 10.8 Å². The van der Waals surface area contributed by atoms with Gasteiger partial charge in [-0.25, -0.2) is 4.98 Å². The fraction of sp³-hybridized carbons (Fsp3) is 0.158. The summed E-state index contributed by atoms with van der Waals surface area (Å²) in [4.78, 5) is 8.62. The van der Waals surface area contributed by atoms with Crippen LogP contribution in [0.2, 0.25) is 0 Å². The number of rotatable bonds is 1. The first-order valence-corrected chi connectivity index (χ1v) is 7.00. The second kappa shape index (κ2) is 6.80. The second-order valence-corrected chi connectivity index (χ2v) is 4.92. The molecule has 0 atom stereocenters. The Morgan fingerprint density at radius 2 is 1.14 bits per heavy atom. The third-order valence-electron chi connectivity index (χ3n) is 3.37. The molecule has 1 aromatic heterocycles. The third kappa shape index (κ3) is 3.76. The van der Waals surface area contributed by atoms with Crippen LogP contribution in [0.5, 0.6) is 0 Å². The Labute approximate surface area is 126 Å². The highest BCUT2D eigenvalue weighted by Crippen LogP contribution is 2.11. The summed E-state index contributed by atoms with van der Waals surface area (Å²) in [6, 6.07) is 16.7. The van der Waals surface area contributed by atoms with Crippen LogP contribution in [0.15, 0.2) is 55.1 Å². The molecule has 0 saturated carbocycles. The lowest BCUT2D eigenvalue weighted by Gasteiger charge is -2.02. The van der Waals surface area contributed by atoms with Crippen LogP contribution in [-0.2, 0) is 0 Å². The molecule has 0 aliphatic rings. The maximum Gasteiger partial charge on any atom is 0.0839 e. The molecule has 2 heteroatoms. The Bertz CT molecular complexity index is 695. The van der Waals surface area contributed by atoms with Gasteiger partial charge in [-0.2, -0.15) is 0 Å². The maximum atomic E-state index is 4.31. The van der Waals surface area contributed by atoms with Gasteiger partial charge in [-0.05, 0) is 37.6 Å². The van der Waals surface area contributed by atoms with Gasteiger partial charge in [0.25, 0.3) is 0 Å². The predicted molar refractivity (Wildman–Crippen MR) is 90.3 cm³/mol. The van der Waals surface area contributed by atoms with Crippen LogP contribution in [-0.4, -0.2) is 9.97 Å². The summed E-state index contributed by atoms with van der Waals surface area (Å²) in [6.45, 7) is 9.51. The van der Waals surface area contributed by atoms with E-state index in [4.69, 9.17) is 0 Å². The molecule has 0 N–H and O–H groups in total. The van der Waals surface area contributed by atoms with Gasteiger partial charge in [0.1, 0.15) is 0 Å². The molecule has 3 aromatic rings. The topological polar surface area (TPSA) is 25.8 Å². The first-order chi connectivity index (χ1) is 10.1. The van der Waals surface area contributed by atoms with Crippen LogP contribution < -0.4 is 0 Å². The summed E-state index contributed by atoms with van der Waals surface area (Å²) in [5, 5.41) is 2.62. The van der Waals surface area contributed by atoms with Crippen LogP contribution in [0, 0.1) is 20.8 Å². The van der Waals surface area contributed by atoms with Gasteiger partial charge >= 0.3 is 0 Å². The first-order valence-electron chi connectivity index (χ1n) is 7.00. The summed E-state index contributed by atoms with van der Waals surface area (Å²) < 4.78 is 0. The Kier molecular flexibility index (Phi) is 4.83. The Morgan fingerprint density at radius 3 is 1.57 bits per heavy atom. The molecule has 0 amide bonds. The average molecular weight is 276 g/mol. The maximum absolute atomic E-state index is 4.31. The molecule has 106 valence electrons. The minimum absolute atomic E-state index is 0.883. The normalized spacial score (nSPS) is 9.86. The van der Waals surface area contributed by atoms with Crippen LogP contribution in [0.25, 0.3) is 16.8 Å².